The van der Waals surface area contributed by atoms with Crippen LogP contribution in [0.25, 0.3) is 10.9 Å². The van der Waals surface area contributed by atoms with Crippen molar-refractivity contribution >= 4 is 39.3 Å². The summed E-state index contributed by atoms with van der Waals surface area (Å²) in [5.74, 6) is -0.00322. The molecule has 1 aromatic carbocycles. The third-order valence-electron chi connectivity index (χ3n) is 3.65. The third-order valence-corrected chi connectivity index (χ3v) is 4.15. The quantitative estimate of drug-likeness (QED) is 0.474. The number of nitrogens with one attached hydrogen (secondary N) is 1. The average Bonchev–Trinajstić information content (AvgIpc) is 2.97. The van der Waals surface area contributed by atoms with Gasteiger partial charge in [0.05, 0.1) is 24.7 Å². The number of aromatic amines is 1. The van der Waals surface area contributed by atoms with Gasteiger partial charge in [-0.05, 0) is 25.1 Å². The molecule has 0 saturated carbocycles. The Morgan fingerprint density at radius 3 is 2.88 bits per heavy atom. The number of aliphatic hydroxyl groups excluding tert-OH is 1. The Balaban J connectivity index is 1.87. The van der Waals surface area contributed by atoms with Crippen molar-refractivity contribution in [3.05, 3.63) is 57.4 Å². The molecule has 0 bridgehead atoms. The van der Waals surface area contributed by atoms with E-state index in [2.05, 4.69) is 36.1 Å². The molecular weight excluding hydrogens is 372 g/mol. The van der Waals surface area contributed by atoms with Crippen LogP contribution >= 0.6 is 15.9 Å². The zero-order valence-electron chi connectivity index (χ0n) is 12.9. The molecule has 2 heterocycles. The van der Waals surface area contributed by atoms with Gasteiger partial charge in [-0.25, -0.2) is 0 Å². The van der Waals surface area contributed by atoms with Crippen LogP contribution in [0.1, 0.15) is 22.4 Å². The fourth-order valence-electron chi connectivity index (χ4n) is 2.33. The molecule has 7 heteroatoms. The molecule has 122 valence electrons. The summed E-state index contributed by atoms with van der Waals surface area (Å²) in [4.78, 5) is 7.17. The lowest BCUT2D eigenvalue weighted by atomic mass is 10.1. The molecule has 0 aliphatic rings. The molecule has 2 aromatic heterocycles. The monoisotopic (exact) mass is 386 g/mol. The summed E-state index contributed by atoms with van der Waals surface area (Å²) in [7, 11) is 0. The second kappa shape index (κ2) is 6.94. The Morgan fingerprint density at radius 2 is 2.08 bits per heavy atom. The summed E-state index contributed by atoms with van der Waals surface area (Å²) in [5, 5.41) is 28.4. The maximum Gasteiger partial charge on any atom is 0.145 e. The molecule has 24 heavy (non-hydrogen) atoms. The number of hydrogen-bond donors (Lipinski definition) is 3. The molecule has 3 rings (SSSR count). The van der Waals surface area contributed by atoms with Gasteiger partial charge < -0.3 is 15.2 Å². The molecule has 0 saturated heterocycles. The lowest BCUT2D eigenvalue weighted by Gasteiger charge is -2.06. The Morgan fingerprint density at radius 1 is 1.29 bits per heavy atom. The summed E-state index contributed by atoms with van der Waals surface area (Å²) < 4.78 is 0.984. The van der Waals surface area contributed by atoms with Crippen molar-refractivity contribution in [3.63, 3.8) is 0 Å². The van der Waals surface area contributed by atoms with E-state index in [-0.39, 0.29) is 12.4 Å². The van der Waals surface area contributed by atoms with Crippen LogP contribution in [0.3, 0.4) is 0 Å². The molecule has 3 aromatic rings. The number of aromatic nitrogens is 2. The normalized spacial score (nSPS) is 12.0. The number of hydrogen-bond acceptors (Lipinski definition) is 5. The van der Waals surface area contributed by atoms with Crippen molar-refractivity contribution < 1.29 is 10.2 Å². The van der Waals surface area contributed by atoms with Crippen molar-refractivity contribution in [3.8, 4) is 5.75 Å². The highest BCUT2D eigenvalue weighted by molar-refractivity contribution is 9.10. The predicted octanol–water partition coefficient (Wildman–Crippen LogP) is 3.28. The van der Waals surface area contributed by atoms with E-state index in [0.29, 0.717) is 16.8 Å². The van der Waals surface area contributed by atoms with Crippen LogP contribution in [-0.2, 0) is 6.61 Å². The van der Waals surface area contributed by atoms with E-state index in [1.807, 2.05) is 24.4 Å². The van der Waals surface area contributed by atoms with Gasteiger partial charge in [-0.3, -0.25) is 4.98 Å². The number of H-pyrrole nitrogens is 1. The summed E-state index contributed by atoms with van der Waals surface area (Å²) in [6.45, 7) is 1.45. The predicted molar refractivity (Wildman–Crippen MR) is 97.7 cm³/mol. The summed E-state index contributed by atoms with van der Waals surface area (Å²) in [6, 6.07) is 5.94. The van der Waals surface area contributed by atoms with Gasteiger partial charge in [0, 0.05) is 44.5 Å². The van der Waals surface area contributed by atoms with Gasteiger partial charge in [-0.1, -0.05) is 15.9 Å². The van der Waals surface area contributed by atoms with Crippen LogP contribution in [0, 0.1) is 6.92 Å². The Kier molecular flexibility index (Phi) is 4.73. The van der Waals surface area contributed by atoms with Gasteiger partial charge >= 0.3 is 0 Å². The van der Waals surface area contributed by atoms with Crippen LogP contribution in [0.2, 0.25) is 0 Å². The maximum absolute atomic E-state index is 10.0. The van der Waals surface area contributed by atoms with E-state index >= 15 is 0 Å². The first-order valence-corrected chi connectivity index (χ1v) is 8.00. The van der Waals surface area contributed by atoms with E-state index in [1.165, 1.54) is 12.4 Å². The molecule has 0 spiro atoms. The number of aromatic hydroxyl groups is 1. The van der Waals surface area contributed by atoms with Gasteiger partial charge in [0.1, 0.15) is 5.75 Å². The number of pyridine rings is 1. The van der Waals surface area contributed by atoms with Crippen molar-refractivity contribution in [2.24, 2.45) is 10.2 Å². The van der Waals surface area contributed by atoms with Crippen molar-refractivity contribution in [1.82, 2.24) is 9.97 Å². The first kappa shape index (κ1) is 16.4. The van der Waals surface area contributed by atoms with E-state index in [9.17, 15) is 10.2 Å². The number of nitrogens with zero attached hydrogens (tertiary/aromatic N) is 3. The fourth-order valence-corrected chi connectivity index (χ4v) is 2.69. The van der Waals surface area contributed by atoms with Gasteiger partial charge in [0.25, 0.3) is 0 Å². The number of fused-ring (bicyclic) bond motifs is 1. The zero-order valence-corrected chi connectivity index (χ0v) is 14.4. The number of aliphatic hydroxyl groups is 1. The Labute approximate surface area is 146 Å². The third kappa shape index (κ3) is 3.22. The lowest BCUT2D eigenvalue weighted by molar-refractivity contribution is 0.280. The highest BCUT2D eigenvalue weighted by Gasteiger charge is 2.09. The molecule has 3 N–H and O–H groups in total. The summed E-state index contributed by atoms with van der Waals surface area (Å²) in [5.41, 5.74) is 3.30. The van der Waals surface area contributed by atoms with E-state index in [1.54, 1.807) is 13.1 Å². The standard InChI is InChI=1S/C17H15BrN4O2/c1-10-17(24)15(12(9-23)6-19-10)8-22-21-7-11-5-20-16-3-2-13(18)4-14(11)16/h2-8,20,23-24H,9H2,1H3/b21-7+,22-8+. The first-order valence-electron chi connectivity index (χ1n) is 7.21. The van der Waals surface area contributed by atoms with Gasteiger partial charge in [-0.15, -0.1) is 0 Å². The Bertz CT molecular complexity index is 947. The summed E-state index contributed by atoms with van der Waals surface area (Å²) in [6.07, 6.45) is 6.41. The second-order valence-corrected chi connectivity index (χ2v) is 6.13. The fraction of sp³-hybridized carbons (Fsp3) is 0.118. The van der Waals surface area contributed by atoms with Crippen molar-refractivity contribution in [1.29, 1.82) is 0 Å². The van der Waals surface area contributed by atoms with Gasteiger partial charge in [0.2, 0.25) is 0 Å². The molecule has 0 aliphatic carbocycles. The lowest BCUT2D eigenvalue weighted by Crippen LogP contribution is -1.97. The highest BCUT2D eigenvalue weighted by Crippen LogP contribution is 2.23. The Hall–Kier alpha value is -2.51. The maximum atomic E-state index is 10.0. The molecule has 0 aliphatic heterocycles. The first-order chi connectivity index (χ1) is 11.6. The highest BCUT2D eigenvalue weighted by atomic mass is 79.9. The van der Waals surface area contributed by atoms with Crippen LogP contribution < -0.4 is 0 Å². The molecule has 6 nitrogen and oxygen atoms in total. The average molecular weight is 387 g/mol. The molecule has 0 atom stereocenters. The van der Waals surface area contributed by atoms with E-state index < -0.39 is 0 Å². The van der Waals surface area contributed by atoms with E-state index in [4.69, 9.17) is 0 Å². The smallest absolute Gasteiger partial charge is 0.145 e. The van der Waals surface area contributed by atoms with Crippen molar-refractivity contribution in [2.75, 3.05) is 0 Å². The molecule has 0 amide bonds. The topological polar surface area (TPSA) is 93.9 Å². The zero-order chi connectivity index (χ0) is 17.1. The number of halogens is 1. The van der Waals surface area contributed by atoms with Crippen LogP contribution in [0.5, 0.6) is 5.75 Å². The SMILES string of the molecule is Cc1ncc(CO)c(/C=N/N=C/c2c[nH]c3ccc(Br)cc23)c1O. The minimum absolute atomic E-state index is 0.00322. The van der Waals surface area contributed by atoms with Gasteiger partial charge in [-0.2, -0.15) is 10.2 Å². The second-order valence-electron chi connectivity index (χ2n) is 5.21. The molecule has 0 fully saturated rings. The van der Waals surface area contributed by atoms with Crippen molar-refractivity contribution in [2.45, 2.75) is 13.5 Å². The minimum Gasteiger partial charge on any atom is -0.505 e. The summed E-state index contributed by atoms with van der Waals surface area (Å²) >= 11 is 3.45. The number of benzene rings is 1. The number of rotatable bonds is 4. The van der Waals surface area contributed by atoms with Crippen LogP contribution in [0.15, 0.2) is 45.3 Å². The number of aryl methyl sites for hydroxylation is 1. The molecule has 0 radical (unpaired) electrons. The van der Waals surface area contributed by atoms with Gasteiger partial charge in [0.15, 0.2) is 0 Å². The molecular formula is C17H15BrN4O2. The minimum atomic E-state index is -0.234. The van der Waals surface area contributed by atoms with Crippen LogP contribution in [-0.4, -0.2) is 32.6 Å². The van der Waals surface area contributed by atoms with E-state index in [0.717, 1.165) is 20.9 Å². The van der Waals surface area contributed by atoms with Crippen LogP contribution in [0.4, 0.5) is 0 Å². The molecule has 0 unspecified atom stereocenters. The largest absolute Gasteiger partial charge is 0.505 e.